The van der Waals surface area contributed by atoms with Gasteiger partial charge >= 0.3 is 6.18 Å². The minimum Gasteiger partial charge on any atom is -0.378 e. The van der Waals surface area contributed by atoms with E-state index in [1.165, 1.54) is 0 Å². The van der Waals surface area contributed by atoms with Crippen LogP contribution in [-0.4, -0.2) is 31.5 Å². The van der Waals surface area contributed by atoms with Crippen molar-refractivity contribution in [3.05, 3.63) is 0 Å². The Balaban J connectivity index is 1.76. The lowest BCUT2D eigenvalue weighted by molar-refractivity contribution is -0.183. The van der Waals surface area contributed by atoms with Gasteiger partial charge in [-0.3, -0.25) is 0 Å². The molecule has 4 unspecified atom stereocenters. The predicted molar refractivity (Wildman–Crippen MR) is 63.3 cm³/mol. The molecule has 2 nitrogen and oxygen atoms in total. The molecule has 1 saturated heterocycles. The van der Waals surface area contributed by atoms with E-state index in [4.69, 9.17) is 4.74 Å². The van der Waals surface area contributed by atoms with Crippen molar-refractivity contribution in [3.63, 3.8) is 0 Å². The van der Waals surface area contributed by atoms with Gasteiger partial charge in [-0.25, -0.2) is 0 Å². The highest BCUT2D eigenvalue weighted by molar-refractivity contribution is 4.83. The lowest BCUT2D eigenvalue weighted by Crippen LogP contribution is -2.41. The first-order chi connectivity index (χ1) is 8.47. The molecule has 1 N–H and O–H groups in total. The van der Waals surface area contributed by atoms with Crippen LogP contribution in [0.2, 0.25) is 0 Å². The monoisotopic (exact) mass is 265 g/mol. The van der Waals surface area contributed by atoms with Gasteiger partial charge < -0.3 is 10.1 Å². The summed E-state index contributed by atoms with van der Waals surface area (Å²) in [6, 6.07) is 0.0261. The van der Waals surface area contributed by atoms with Gasteiger partial charge in [0.05, 0.1) is 12.0 Å². The SMILES string of the molecule is CC1OCCC1CNC1CCCC(C(F)(F)F)C1. The van der Waals surface area contributed by atoms with Gasteiger partial charge in [0.25, 0.3) is 0 Å². The summed E-state index contributed by atoms with van der Waals surface area (Å²) in [5.41, 5.74) is 0. The molecule has 0 aromatic rings. The number of alkyl halides is 3. The quantitative estimate of drug-likeness (QED) is 0.846. The van der Waals surface area contributed by atoms with Crippen molar-refractivity contribution in [1.29, 1.82) is 0 Å². The molecule has 1 aliphatic heterocycles. The fourth-order valence-corrected chi connectivity index (χ4v) is 3.03. The van der Waals surface area contributed by atoms with Crippen LogP contribution in [0.4, 0.5) is 13.2 Å². The van der Waals surface area contributed by atoms with Gasteiger partial charge in [0.2, 0.25) is 0 Å². The van der Waals surface area contributed by atoms with Crippen molar-refractivity contribution in [2.45, 2.75) is 57.3 Å². The molecule has 2 aliphatic rings. The van der Waals surface area contributed by atoms with Gasteiger partial charge in [-0.15, -0.1) is 0 Å². The molecule has 0 amide bonds. The Bertz CT molecular complexity index is 269. The zero-order valence-corrected chi connectivity index (χ0v) is 10.8. The molecular weight excluding hydrogens is 243 g/mol. The van der Waals surface area contributed by atoms with Gasteiger partial charge in [0.1, 0.15) is 0 Å². The van der Waals surface area contributed by atoms with Crippen LogP contribution in [0, 0.1) is 11.8 Å². The second-order valence-electron chi connectivity index (χ2n) is 5.63. The molecule has 2 fully saturated rings. The molecule has 2 rings (SSSR count). The van der Waals surface area contributed by atoms with Crippen molar-refractivity contribution in [2.75, 3.05) is 13.2 Å². The van der Waals surface area contributed by atoms with Crippen molar-refractivity contribution in [3.8, 4) is 0 Å². The lowest BCUT2D eigenvalue weighted by Gasteiger charge is -2.32. The van der Waals surface area contributed by atoms with E-state index in [9.17, 15) is 13.2 Å². The Labute approximate surface area is 106 Å². The Morgan fingerprint density at radius 3 is 2.61 bits per heavy atom. The third kappa shape index (κ3) is 3.60. The first-order valence-electron chi connectivity index (χ1n) is 6.88. The van der Waals surface area contributed by atoms with E-state index in [1.807, 2.05) is 6.92 Å². The zero-order valence-electron chi connectivity index (χ0n) is 10.8. The smallest absolute Gasteiger partial charge is 0.378 e. The van der Waals surface area contributed by atoms with Crippen LogP contribution >= 0.6 is 0 Å². The molecule has 4 atom stereocenters. The van der Waals surface area contributed by atoms with Crippen LogP contribution in [0.1, 0.15) is 39.0 Å². The standard InChI is InChI=1S/C13H22F3NO/c1-9-10(5-6-18-9)8-17-12-4-2-3-11(7-12)13(14,15)16/h9-12,17H,2-8H2,1H3. The maximum Gasteiger partial charge on any atom is 0.391 e. The molecule has 0 spiro atoms. The summed E-state index contributed by atoms with van der Waals surface area (Å²) < 4.78 is 43.5. The highest BCUT2D eigenvalue weighted by Crippen LogP contribution is 2.37. The van der Waals surface area contributed by atoms with Gasteiger partial charge in [-0.2, -0.15) is 13.2 Å². The first-order valence-corrected chi connectivity index (χ1v) is 6.88. The molecule has 5 heteroatoms. The number of nitrogens with one attached hydrogen (secondary N) is 1. The van der Waals surface area contributed by atoms with Gasteiger partial charge in [0, 0.05) is 19.2 Å². The highest BCUT2D eigenvalue weighted by Gasteiger charge is 2.42. The van der Waals surface area contributed by atoms with Gasteiger partial charge in [0.15, 0.2) is 0 Å². The normalized spacial score (nSPS) is 38.0. The van der Waals surface area contributed by atoms with Crippen molar-refractivity contribution < 1.29 is 17.9 Å². The van der Waals surface area contributed by atoms with Crippen molar-refractivity contribution >= 4 is 0 Å². The Kier molecular flexibility index (Phi) is 4.54. The summed E-state index contributed by atoms with van der Waals surface area (Å²) in [4.78, 5) is 0. The summed E-state index contributed by atoms with van der Waals surface area (Å²) in [5, 5.41) is 3.32. The molecule has 1 heterocycles. The highest BCUT2D eigenvalue weighted by atomic mass is 19.4. The van der Waals surface area contributed by atoms with Crippen LogP contribution in [0.3, 0.4) is 0 Å². The molecule has 1 aliphatic carbocycles. The molecule has 0 aromatic heterocycles. The fourth-order valence-electron chi connectivity index (χ4n) is 3.03. The molecule has 0 aromatic carbocycles. The topological polar surface area (TPSA) is 21.3 Å². The zero-order chi connectivity index (χ0) is 13.2. The predicted octanol–water partition coefficient (Wildman–Crippen LogP) is 3.12. The van der Waals surface area contributed by atoms with Crippen LogP contribution in [0.5, 0.6) is 0 Å². The van der Waals surface area contributed by atoms with Crippen LogP contribution in [-0.2, 0) is 4.74 Å². The average molecular weight is 265 g/mol. The van der Waals surface area contributed by atoms with Gasteiger partial charge in [-0.1, -0.05) is 6.42 Å². The van der Waals surface area contributed by atoms with Gasteiger partial charge in [-0.05, 0) is 38.5 Å². The summed E-state index contributed by atoms with van der Waals surface area (Å²) in [7, 11) is 0. The Hall–Kier alpha value is -0.290. The lowest BCUT2D eigenvalue weighted by atomic mass is 9.85. The molecule has 0 radical (unpaired) electrons. The van der Waals surface area contributed by atoms with Crippen LogP contribution in [0.25, 0.3) is 0 Å². The van der Waals surface area contributed by atoms with Crippen molar-refractivity contribution in [2.24, 2.45) is 11.8 Å². The Morgan fingerprint density at radius 2 is 2.00 bits per heavy atom. The number of rotatable bonds is 3. The summed E-state index contributed by atoms with van der Waals surface area (Å²) in [6.45, 7) is 3.61. The summed E-state index contributed by atoms with van der Waals surface area (Å²) in [5.74, 6) is -0.655. The van der Waals surface area contributed by atoms with Crippen molar-refractivity contribution in [1.82, 2.24) is 5.32 Å². The largest absolute Gasteiger partial charge is 0.391 e. The average Bonchev–Trinajstić information content (AvgIpc) is 2.72. The van der Waals surface area contributed by atoms with E-state index >= 15 is 0 Å². The molecule has 106 valence electrons. The van der Waals surface area contributed by atoms with E-state index in [-0.39, 0.29) is 18.6 Å². The Morgan fingerprint density at radius 1 is 1.22 bits per heavy atom. The maximum absolute atomic E-state index is 12.7. The number of ether oxygens (including phenoxy) is 1. The third-order valence-corrected chi connectivity index (χ3v) is 4.34. The second-order valence-corrected chi connectivity index (χ2v) is 5.63. The van der Waals surface area contributed by atoms with E-state index in [1.54, 1.807) is 0 Å². The molecule has 18 heavy (non-hydrogen) atoms. The molecule has 1 saturated carbocycles. The third-order valence-electron chi connectivity index (χ3n) is 4.34. The number of hydrogen-bond acceptors (Lipinski definition) is 2. The van der Waals surface area contributed by atoms with E-state index in [2.05, 4.69) is 5.32 Å². The van der Waals surface area contributed by atoms with E-state index < -0.39 is 12.1 Å². The summed E-state index contributed by atoms with van der Waals surface area (Å²) >= 11 is 0. The van der Waals surface area contributed by atoms with E-state index in [0.717, 1.165) is 26.0 Å². The number of halogens is 3. The summed E-state index contributed by atoms with van der Waals surface area (Å²) in [6.07, 6.45) is -0.684. The maximum atomic E-state index is 12.7. The van der Waals surface area contributed by atoms with E-state index in [0.29, 0.717) is 18.8 Å². The molecule has 0 bridgehead atoms. The number of hydrogen-bond donors (Lipinski definition) is 1. The molecular formula is C13H22F3NO. The first kappa shape index (κ1) is 14.1. The minimum absolute atomic E-state index is 0.0261. The van der Waals surface area contributed by atoms with Crippen LogP contribution < -0.4 is 5.32 Å². The minimum atomic E-state index is -4.02. The second kappa shape index (κ2) is 5.78. The fraction of sp³-hybridized carbons (Fsp3) is 1.00. The van der Waals surface area contributed by atoms with Crippen LogP contribution in [0.15, 0.2) is 0 Å².